The second-order valence-electron chi connectivity index (χ2n) is 3.95. The van der Waals surface area contributed by atoms with Gasteiger partial charge in [-0.15, -0.1) is 0 Å². The summed E-state index contributed by atoms with van der Waals surface area (Å²) in [5.74, 6) is -1.72. The zero-order chi connectivity index (χ0) is 13.7. The summed E-state index contributed by atoms with van der Waals surface area (Å²) in [6, 6.07) is -1.41. The molecule has 0 aromatic heterocycles. The molecular weight excluding hydrogens is 242 g/mol. The van der Waals surface area contributed by atoms with Gasteiger partial charge in [0.1, 0.15) is 6.04 Å². The zero-order valence-electron chi connectivity index (χ0n) is 9.93. The Kier molecular flexibility index (Phi) is 4.64. The Morgan fingerprint density at radius 2 is 2.11 bits per heavy atom. The number of carboxylic acids is 1. The van der Waals surface area contributed by atoms with Gasteiger partial charge in [0.2, 0.25) is 5.91 Å². The van der Waals surface area contributed by atoms with E-state index in [0.717, 1.165) is 4.90 Å². The number of hydrogen-bond donors (Lipinski definition) is 3. The van der Waals surface area contributed by atoms with Crippen molar-refractivity contribution in [3.63, 3.8) is 0 Å². The summed E-state index contributed by atoms with van der Waals surface area (Å²) in [7, 11) is 1.36. The van der Waals surface area contributed by atoms with Gasteiger partial charge in [-0.3, -0.25) is 19.3 Å². The van der Waals surface area contributed by atoms with E-state index in [0.29, 0.717) is 6.42 Å². The van der Waals surface area contributed by atoms with Crippen molar-refractivity contribution in [3.05, 3.63) is 0 Å². The number of carboxylic acid groups (broad SMARTS) is 1. The van der Waals surface area contributed by atoms with Crippen LogP contribution in [0.15, 0.2) is 0 Å². The van der Waals surface area contributed by atoms with Crippen LogP contribution in [-0.4, -0.2) is 53.5 Å². The molecule has 8 nitrogen and oxygen atoms in total. The molecule has 1 atom stereocenters. The number of nitrogens with zero attached hydrogens (tertiary/aromatic N) is 1. The molecule has 1 fully saturated rings. The van der Waals surface area contributed by atoms with Crippen LogP contribution < -0.4 is 10.6 Å². The number of imide groups is 1. The Bertz CT molecular complexity index is 382. The molecule has 3 N–H and O–H groups in total. The van der Waals surface area contributed by atoms with Crippen molar-refractivity contribution in [2.24, 2.45) is 0 Å². The minimum absolute atomic E-state index is 0.0378. The average molecular weight is 257 g/mol. The van der Waals surface area contributed by atoms with Crippen LogP contribution in [-0.2, 0) is 14.4 Å². The number of carbonyl (C=O) groups excluding carboxylic acids is 3. The Labute approximate surface area is 103 Å². The fraction of sp³-hybridized carbons (Fsp3) is 0.600. The van der Waals surface area contributed by atoms with Crippen LogP contribution in [0.2, 0.25) is 0 Å². The minimum atomic E-state index is -0.935. The summed E-state index contributed by atoms with van der Waals surface area (Å²) in [4.78, 5) is 45.2. The highest BCUT2D eigenvalue weighted by atomic mass is 16.4. The number of likely N-dealkylation sites (N-methyl/N-ethyl adjacent to an activating group) is 1. The molecule has 0 spiro atoms. The first-order valence-corrected chi connectivity index (χ1v) is 5.48. The van der Waals surface area contributed by atoms with E-state index in [1.54, 1.807) is 0 Å². The van der Waals surface area contributed by atoms with Crippen LogP contribution in [0.25, 0.3) is 0 Å². The number of nitrogens with one attached hydrogen (secondary N) is 2. The predicted octanol–water partition coefficient (Wildman–Crippen LogP) is -1.09. The second kappa shape index (κ2) is 5.99. The topological polar surface area (TPSA) is 116 Å². The van der Waals surface area contributed by atoms with Gasteiger partial charge in [0.25, 0.3) is 5.91 Å². The molecule has 0 aromatic rings. The second-order valence-corrected chi connectivity index (χ2v) is 3.95. The minimum Gasteiger partial charge on any atom is -0.481 e. The van der Waals surface area contributed by atoms with Crippen molar-refractivity contribution in [1.82, 2.24) is 15.5 Å². The van der Waals surface area contributed by atoms with E-state index >= 15 is 0 Å². The van der Waals surface area contributed by atoms with Crippen LogP contribution in [0.1, 0.15) is 19.3 Å². The van der Waals surface area contributed by atoms with Gasteiger partial charge in [-0.2, -0.15) is 0 Å². The summed E-state index contributed by atoms with van der Waals surface area (Å²) in [5, 5.41) is 13.2. The van der Waals surface area contributed by atoms with Crippen molar-refractivity contribution in [2.75, 3.05) is 13.6 Å². The molecule has 1 heterocycles. The fourth-order valence-corrected chi connectivity index (χ4v) is 1.52. The first-order chi connectivity index (χ1) is 8.41. The van der Waals surface area contributed by atoms with Crippen LogP contribution >= 0.6 is 0 Å². The monoisotopic (exact) mass is 257 g/mol. The number of carbonyl (C=O) groups is 4. The summed E-state index contributed by atoms with van der Waals surface area (Å²) < 4.78 is 0. The molecular formula is C10H15N3O5. The molecule has 1 aliphatic heterocycles. The number of hydrogen-bond acceptors (Lipinski definition) is 4. The van der Waals surface area contributed by atoms with Crippen LogP contribution in [0.5, 0.6) is 0 Å². The molecule has 0 radical (unpaired) electrons. The molecule has 0 aromatic carbocycles. The van der Waals surface area contributed by atoms with Gasteiger partial charge < -0.3 is 15.7 Å². The Hall–Kier alpha value is -2.12. The summed E-state index contributed by atoms with van der Waals surface area (Å²) >= 11 is 0. The largest absolute Gasteiger partial charge is 0.481 e. The first kappa shape index (κ1) is 13.9. The lowest BCUT2D eigenvalue weighted by molar-refractivity contribution is -0.138. The normalized spacial score (nSPS) is 18.9. The molecule has 0 bridgehead atoms. The molecule has 18 heavy (non-hydrogen) atoms. The summed E-state index contributed by atoms with van der Waals surface area (Å²) in [6.07, 6.45) is 0.224. The summed E-state index contributed by atoms with van der Waals surface area (Å²) in [5.41, 5.74) is 0. The van der Waals surface area contributed by atoms with Crippen molar-refractivity contribution in [1.29, 1.82) is 0 Å². The number of likely N-dealkylation sites (tertiary alicyclic amines) is 1. The quantitative estimate of drug-likeness (QED) is 0.427. The molecule has 1 saturated heterocycles. The van der Waals surface area contributed by atoms with Crippen molar-refractivity contribution in [3.8, 4) is 0 Å². The van der Waals surface area contributed by atoms with Crippen molar-refractivity contribution in [2.45, 2.75) is 25.3 Å². The van der Waals surface area contributed by atoms with Gasteiger partial charge in [0.05, 0.1) is 6.42 Å². The van der Waals surface area contributed by atoms with E-state index in [1.165, 1.54) is 7.05 Å². The van der Waals surface area contributed by atoms with Gasteiger partial charge in [0.15, 0.2) is 0 Å². The Morgan fingerprint density at radius 3 is 2.61 bits per heavy atom. The third-order valence-corrected chi connectivity index (χ3v) is 2.54. The Morgan fingerprint density at radius 1 is 1.44 bits per heavy atom. The van der Waals surface area contributed by atoms with E-state index in [1.807, 2.05) is 0 Å². The van der Waals surface area contributed by atoms with Gasteiger partial charge in [0, 0.05) is 20.0 Å². The highest BCUT2D eigenvalue weighted by Gasteiger charge is 2.36. The third kappa shape index (κ3) is 3.72. The van der Waals surface area contributed by atoms with Crippen molar-refractivity contribution >= 4 is 23.8 Å². The van der Waals surface area contributed by atoms with E-state index in [2.05, 4.69) is 10.6 Å². The number of aliphatic carboxylic acids is 1. The average Bonchev–Trinajstić information content (AvgIpc) is 2.52. The molecule has 0 aliphatic carbocycles. The van der Waals surface area contributed by atoms with Gasteiger partial charge in [-0.05, 0) is 6.42 Å². The zero-order valence-corrected chi connectivity index (χ0v) is 9.93. The predicted molar refractivity (Wildman–Crippen MR) is 59.6 cm³/mol. The lowest BCUT2D eigenvalue weighted by Gasteiger charge is -2.11. The first-order valence-electron chi connectivity index (χ1n) is 5.48. The maximum Gasteiger partial charge on any atom is 0.315 e. The standard InChI is InChI=1S/C10H15N3O5/c1-13-7(14)5-6(9(13)17)12-10(18)11-4-2-3-8(15)16/h6H,2-5H2,1H3,(H,15,16)(H2,11,12,18). The van der Waals surface area contributed by atoms with E-state index in [-0.39, 0.29) is 25.3 Å². The molecule has 0 saturated carbocycles. The highest BCUT2D eigenvalue weighted by Crippen LogP contribution is 2.09. The molecule has 100 valence electrons. The van der Waals surface area contributed by atoms with Crippen molar-refractivity contribution < 1.29 is 24.3 Å². The summed E-state index contributed by atoms with van der Waals surface area (Å²) in [6.45, 7) is 0.197. The lowest BCUT2D eigenvalue weighted by Crippen LogP contribution is -2.45. The molecule has 1 unspecified atom stereocenters. The van der Waals surface area contributed by atoms with E-state index in [4.69, 9.17) is 5.11 Å². The fourth-order valence-electron chi connectivity index (χ4n) is 1.52. The molecule has 1 aliphatic rings. The highest BCUT2D eigenvalue weighted by molar-refractivity contribution is 6.06. The van der Waals surface area contributed by atoms with Gasteiger partial charge >= 0.3 is 12.0 Å². The van der Waals surface area contributed by atoms with Gasteiger partial charge in [-0.25, -0.2) is 4.79 Å². The number of amides is 4. The number of urea groups is 1. The lowest BCUT2D eigenvalue weighted by atomic mass is 10.2. The van der Waals surface area contributed by atoms with Crippen LogP contribution in [0.3, 0.4) is 0 Å². The van der Waals surface area contributed by atoms with Crippen LogP contribution in [0, 0.1) is 0 Å². The Balaban J connectivity index is 2.27. The molecule has 8 heteroatoms. The van der Waals surface area contributed by atoms with E-state index in [9.17, 15) is 19.2 Å². The van der Waals surface area contributed by atoms with E-state index < -0.39 is 23.9 Å². The SMILES string of the molecule is CN1C(=O)CC(NC(=O)NCCCC(=O)O)C1=O. The van der Waals surface area contributed by atoms with Crippen LogP contribution in [0.4, 0.5) is 4.79 Å². The van der Waals surface area contributed by atoms with Gasteiger partial charge in [-0.1, -0.05) is 0 Å². The smallest absolute Gasteiger partial charge is 0.315 e. The molecule has 1 rings (SSSR count). The third-order valence-electron chi connectivity index (χ3n) is 2.54. The number of rotatable bonds is 5. The molecule has 4 amide bonds. The maximum absolute atomic E-state index is 11.5. The maximum atomic E-state index is 11.5.